The lowest BCUT2D eigenvalue weighted by molar-refractivity contribution is -0.133. The van der Waals surface area contributed by atoms with Crippen LogP contribution in [-0.4, -0.2) is 30.0 Å². The molecule has 4 rings (SSSR count). The maximum atomic E-state index is 11.3. The summed E-state index contributed by atoms with van der Waals surface area (Å²) in [7, 11) is 0. The van der Waals surface area contributed by atoms with E-state index in [0.29, 0.717) is 19.8 Å². The van der Waals surface area contributed by atoms with Crippen molar-refractivity contribution in [3.8, 4) is 0 Å². The van der Waals surface area contributed by atoms with Crippen molar-refractivity contribution in [1.82, 2.24) is 0 Å². The summed E-state index contributed by atoms with van der Waals surface area (Å²) in [6.45, 7) is 1.29. The molecule has 0 aliphatic heterocycles. The van der Waals surface area contributed by atoms with Crippen molar-refractivity contribution in [1.29, 1.82) is 0 Å². The third kappa shape index (κ3) is 9.12. The first-order chi connectivity index (χ1) is 18.3. The van der Waals surface area contributed by atoms with Crippen molar-refractivity contribution >= 4 is 6.08 Å². The lowest BCUT2D eigenvalue weighted by Crippen LogP contribution is -2.42. The number of hydrogen-bond donors (Lipinski definition) is 1. The van der Waals surface area contributed by atoms with Crippen LogP contribution in [0.15, 0.2) is 127 Å². The number of aliphatic hydroxyl groups excluding tert-OH is 1. The smallest absolute Gasteiger partial charge is 0.116 e. The van der Waals surface area contributed by atoms with Gasteiger partial charge in [-0.3, -0.25) is 0 Å². The predicted octanol–water partition coefficient (Wildman–Crippen LogP) is 6.45. The molecule has 37 heavy (non-hydrogen) atoms. The second-order valence-corrected chi connectivity index (χ2v) is 8.86. The highest BCUT2D eigenvalue weighted by Crippen LogP contribution is 2.18. The molecular weight excluding hydrogens is 460 g/mol. The summed E-state index contributed by atoms with van der Waals surface area (Å²) >= 11 is 0. The van der Waals surface area contributed by atoms with E-state index in [4.69, 9.17) is 14.2 Å². The molecule has 4 aromatic rings. The Hall–Kier alpha value is -3.54. The zero-order chi connectivity index (χ0) is 25.5. The first kappa shape index (κ1) is 26.5. The molecular formula is C33H34O4. The van der Waals surface area contributed by atoms with E-state index < -0.39 is 18.3 Å². The second kappa shape index (κ2) is 14.9. The number of hydrogen-bond acceptors (Lipinski definition) is 4. The third-order valence-corrected chi connectivity index (χ3v) is 5.95. The Balaban J connectivity index is 1.51. The van der Waals surface area contributed by atoms with Gasteiger partial charge in [0.05, 0.1) is 26.4 Å². The molecule has 0 spiro atoms. The van der Waals surface area contributed by atoms with Gasteiger partial charge in [0, 0.05) is 0 Å². The van der Waals surface area contributed by atoms with Crippen molar-refractivity contribution in [3.05, 3.63) is 150 Å². The SMILES string of the molecule is O[C@H](COCc1ccccc1)[C@@H](OCc1ccccc1)[C@@H](/C=C/c1ccccc1)OCc1ccccc1. The summed E-state index contributed by atoms with van der Waals surface area (Å²) in [6, 6.07) is 39.9. The molecule has 0 aliphatic carbocycles. The average Bonchev–Trinajstić information content (AvgIpc) is 2.96. The van der Waals surface area contributed by atoms with E-state index in [1.54, 1.807) is 0 Å². The normalized spacial score (nSPS) is 13.9. The standard InChI is InChI=1S/C33H34O4/c34-31(26-35-23-28-15-7-2-8-16-28)33(37-25-30-19-11-4-12-20-30)32(22-21-27-13-5-1-6-14-27)36-24-29-17-9-3-10-18-29/h1-22,31-34H,23-26H2/b22-21+/t31-,32-,33-/m1/s1. The predicted molar refractivity (Wildman–Crippen MR) is 148 cm³/mol. The van der Waals surface area contributed by atoms with Crippen molar-refractivity contribution in [2.75, 3.05) is 6.61 Å². The fourth-order valence-electron chi connectivity index (χ4n) is 3.95. The number of ether oxygens (including phenoxy) is 3. The molecule has 4 heteroatoms. The van der Waals surface area contributed by atoms with Gasteiger partial charge in [-0.2, -0.15) is 0 Å². The van der Waals surface area contributed by atoms with Gasteiger partial charge in [-0.05, 0) is 22.3 Å². The maximum absolute atomic E-state index is 11.3. The van der Waals surface area contributed by atoms with Crippen LogP contribution in [0.1, 0.15) is 22.3 Å². The molecule has 0 radical (unpaired) electrons. The molecule has 0 unspecified atom stereocenters. The van der Waals surface area contributed by atoms with Crippen LogP contribution in [0.25, 0.3) is 6.08 Å². The highest BCUT2D eigenvalue weighted by atomic mass is 16.6. The minimum atomic E-state index is -0.895. The molecule has 0 amide bonds. The molecule has 0 heterocycles. The van der Waals surface area contributed by atoms with Crippen LogP contribution in [0.3, 0.4) is 0 Å². The highest BCUT2D eigenvalue weighted by Gasteiger charge is 2.29. The summed E-state index contributed by atoms with van der Waals surface area (Å²) in [4.78, 5) is 0. The van der Waals surface area contributed by atoms with Crippen molar-refractivity contribution in [2.24, 2.45) is 0 Å². The number of benzene rings is 4. The van der Waals surface area contributed by atoms with E-state index in [1.807, 2.05) is 133 Å². The fourth-order valence-corrected chi connectivity index (χ4v) is 3.95. The summed E-state index contributed by atoms with van der Waals surface area (Å²) in [5.74, 6) is 0. The topological polar surface area (TPSA) is 47.9 Å². The van der Waals surface area contributed by atoms with Gasteiger partial charge in [0.2, 0.25) is 0 Å². The van der Waals surface area contributed by atoms with E-state index in [0.717, 1.165) is 22.3 Å². The van der Waals surface area contributed by atoms with Gasteiger partial charge in [0.25, 0.3) is 0 Å². The van der Waals surface area contributed by atoms with Gasteiger partial charge in [-0.25, -0.2) is 0 Å². The molecule has 4 nitrogen and oxygen atoms in total. The van der Waals surface area contributed by atoms with Crippen LogP contribution < -0.4 is 0 Å². The minimum absolute atomic E-state index is 0.124. The molecule has 0 aliphatic rings. The Bertz CT molecular complexity index is 1160. The van der Waals surface area contributed by atoms with Gasteiger partial charge < -0.3 is 19.3 Å². The van der Waals surface area contributed by atoms with Crippen LogP contribution in [0.4, 0.5) is 0 Å². The molecule has 0 bridgehead atoms. The lowest BCUT2D eigenvalue weighted by Gasteiger charge is -2.29. The summed E-state index contributed by atoms with van der Waals surface area (Å²) in [5.41, 5.74) is 4.18. The first-order valence-corrected chi connectivity index (χ1v) is 12.6. The van der Waals surface area contributed by atoms with Crippen LogP contribution in [0.5, 0.6) is 0 Å². The Morgan fingerprint density at radius 3 is 1.57 bits per heavy atom. The van der Waals surface area contributed by atoms with E-state index in [1.165, 1.54) is 0 Å². The Morgan fingerprint density at radius 1 is 0.568 bits per heavy atom. The molecule has 0 aromatic heterocycles. The van der Waals surface area contributed by atoms with E-state index in [9.17, 15) is 5.11 Å². The molecule has 190 valence electrons. The quantitative estimate of drug-likeness (QED) is 0.219. The van der Waals surface area contributed by atoms with Gasteiger partial charge in [0.1, 0.15) is 18.3 Å². The number of rotatable bonds is 14. The molecule has 0 saturated heterocycles. The van der Waals surface area contributed by atoms with Gasteiger partial charge in [-0.15, -0.1) is 0 Å². The highest BCUT2D eigenvalue weighted by molar-refractivity contribution is 5.49. The van der Waals surface area contributed by atoms with Gasteiger partial charge in [0.15, 0.2) is 0 Å². The van der Waals surface area contributed by atoms with Crippen molar-refractivity contribution in [2.45, 2.75) is 38.1 Å². The Kier molecular flexibility index (Phi) is 10.7. The zero-order valence-corrected chi connectivity index (χ0v) is 20.9. The Labute approximate surface area is 219 Å². The summed E-state index contributed by atoms with van der Waals surface area (Å²) < 4.78 is 18.6. The Morgan fingerprint density at radius 2 is 1.03 bits per heavy atom. The summed E-state index contributed by atoms with van der Waals surface area (Å²) in [6.07, 6.45) is 1.94. The maximum Gasteiger partial charge on any atom is 0.116 e. The van der Waals surface area contributed by atoms with E-state index in [2.05, 4.69) is 0 Å². The minimum Gasteiger partial charge on any atom is -0.388 e. The van der Waals surface area contributed by atoms with Crippen LogP contribution in [0.2, 0.25) is 0 Å². The first-order valence-electron chi connectivity index (χ1n) is 12.6. The van der Waals surface area contributed by atoms with Crippen molar-refractivity contribution in [3.63, 3.8) is 0 Å². The van der Waals surface area contributed by atoms with Crippen LogP contribution in [-0.2, 0) is 34.0 Å². The molecule has 0 fully saturated rings. The molecule has 3 atom stereocenters. The summed E-state index contributed by atoms with van der Waals surface area (Å²) in [5, 5.41) is 11.3. The number of aliphatic hydroxyl groups is 1. The van der Waals surface area contributed by atoms with Gasteiger partial charge in [-0.1, -0.05) is 133 Å². The van der Waals surface area contributed by atoms with Crippen LogP contribution in [0, 0.1) is 0 Å². The van der Waals surface area contributed by atoms with Gasteiger partial charge >= 0.3 is 0 Å². The zero-order valence-electron chi connectivity index (χ0n) is 20.9. The lowest BCUT2D eigenvalue weighted by atomic mass is 10.1. The largest absolute Gasteiger partial charge is 0.388 e. The fraction of sp³-hybridized carbons (Fsp3) is 0.212. The van der Waals surface area contributed by atoms with E-state index in [-0.39, 0.29) is 6.61 Å². The van der Waals surface area contributed by atoms with Crippen molar-refractivity contribution < 1.29 is 19.3 Å². The van der Waals surface area contributed by atoms with Crippen LogP contribution >= 0.6 is 0 Å². The third-order valence-electron chi connectivity index (χ3n) is 5.95. The van der Waals surface area contributed by atoms with E-state index >= 15 is 0 Å². The monoisotopic (exact) mass is 494 g/mol. The molecule has 1 N–H and O–H groups in total. The second-order valence-electron chi connectivity index (χ2n) is 8.86. The average molecular weight is 495 g/mol. The molecule has 4 aromatic carbocycles. The molecule has 0 saturated carbocycles.